The third kappa shape index (κ3) is 3.21. The lowest BCUT2D eigenvalue weighted by Gasteiger charge is -2.05. The van der Waals surface area contributed by atoms with Crippen molar-refractivity contribution in [2.75, 3.05) is 5.32 Å². The second-order valence-electron chi connectivity index (χ2n) is 6.18. The van der Waals surface area contributed by atoms with E-state index in [9.17, 15) is 9.18 Å². The normalized spacial score (nSPS) is 11.1. The Labute approximate surface area is 159 Å². The third-order valence-electron chi connectivity index (χ3n) is 4.31. The summed E-state index contributed by atoms with van der Waals surface area (Å²) in [5.74, 6) is -0.895. The van der Waals surface area contributed by atoms with Crippen LogP contribution in [0.15, 0.2) is 48.1 Å². The summed E-state index contributed by atoms with van der Waals surface area (Å²) < 4.78 is 16.0. The summed E-state index contributed by atoms with van der Waals surface area (Å²) in [4.78, 5) is 21.4. The number of anilines is 1. The van der Waals surface area contributed by atoms with Gasteiger partial charge < -0.3 is 9.88 Å². The van der Waals surface area contributed by atoms with Crippen molar-refractivity contribution in [2.24, 2.45) is 0 Å². The van der Waals surface area contributed by atoms with Crippen LogP contribution in [0.25, 0.3) is 21.6 Å². The van der Waals surface area contributed by atoms with Gasteiger partial charge in [0.25, 0.3) is 5.91 Å². The Kier molecular flexibility index (Phi) is 4.45. The number of hydrogen-bond donors (Lipinski definition) is 1. The summed E-state index contributed by atoms with van der Waals surface area (Å²) in [5, 5.41) is 5.99. The number of hydrogen-bond acceptors (Lipinski definition) is 4. The summed E-state index contributed by atoms with van der Waals surface area (Å²) >= 11 is 1.38. The summed E-state index contributed by atoms with van der Waals surface area (Å²) in [6, 6.07) is 8.56. The van der Waals surface area contributed by atoms with Crippen molar-refractivity contribution < 1.29 is 9.18 Å². The molecule has 1 N–H and O–H groups in total. The number of pyridine rings is 1. The second kappa shape index (κ2) is 6.92. The van der Waals surface area contributed by atoms with E-state index in [1.54, 1.807) is 30.6 Å². The molecule has 0 bridgehead atoms. The number of aromatic nitrogens is 3. The molecule has 0 fully saturated rings. The van der Waals surface area contributed by atoms with Crippen molar-refractivity contribution in [1.82, 2.24) is 14.5 Å². The number of rotatable bonds is 4. The van der Waals surface area contributed by atoms with Crippen molar-refractivity contribution in [3.05, 3.63) is 65.2 Å². The molecular weight excluding hydrogens is 363 g/mol. The summed E-state index contributed by atoms with van der Waals surface area (Å²) in [7, 11) is 0. The number of carbonyl (C=O) groups is 1. The Balaban J connectivity index is 1.65. The average Bonchev–Trinajstić information content (AvgIpc) is 3.28. The molecule has 0 atom stereocenters. The topological polar surface area (TPSA) is 59.8 Å². The molecule has 27 heavy (non-hydrogen) atoms. The Morgan fingerprint density at radius 1 is 1.33 bits per heavy atom. The van der Waals surface area contributed by atoms with Gasteiger partial charge in [-0.15, -0.1) is 11.3 Å². The maximum atomic E-state index is 14.0. The molecule has 7 heteroatoms. The van der Waals surface area contributed by atoms with Crippen molar-refractivity contribution in [2.45, 2.75) is 20.4 Å². The number of carbonyl (C=O) groups excluding carboxylic acids is 1. The fraction of sp³-hybridized carbons (Fsp3) is 0.150. The minimum absolute atomic E-state index is 0.145. The molecule has 0 radical (unpaired) electrons. The number of nitrogens with one attached hydrogen (secondary N) is 1. The second-order valence-corrected chi connectivity index (χ2v) is 7.04. The van der Waals surface area contributed by atoms with Crippen LogP contribution in [-0.4, -0.2) is 20.4 Å². The lowest BCUT2D eigenvalue weighted by molar-refractivity contribution is 0.102. The van der Waals surface area contributed by atoms with Crippen molar-refractivity contribution in [3.8, 4) is 10.6 Å². The highest BCUT2D eigenvalue weighted by atomic mass is 32.1. The number of halogens is 1. The van der Waals surface area contributed by atoms with Gasteiger partial charge in [0.05, 0.1) is 5.69 Å². The van der Waals surface area contributed by atoms with Gasteiger partial charge in [-0.25, -0.2) is 14.4 Å². The van der Waals surface area contributed by atoms with Crippen LogP contribution in [0.3, 0.4) is 0 Å². The fourth-order valence-corrected chi connectivity index (χ4v) is 3.77. The highest BCUT2D eigenvalue weighted by Gasteiger charge is 2.17. The highest BCUT2D eigenvalue weighted by molar-refractivity contribution is 7.13. The van der Waals surface area contributed by atoms with Crippen LogP contribution in [0, 0.1) is 12.7 Å². The first-order chi connectivity index (χ1) is 13.1. The van der Waals surface area contributed by atoms with Crippen LogP contribution < -0.4 is 5.32 Å². The zero-order valence-corrected chi connectivity index (χ0v) is 15.7. The van der Waals surface area contributed by atoms with E-state index in [1.165, 1.54) is 17.4 Å². The predicted octanol–water partition coefficient (Wildman–Crippen LogP) is 4.88. The van der Waals surface area contributed by atoms with Gasteiger partial charge in [-0.2, -0.15) is 0 Å². The molecule has 136 valence electrons. The van der Waals surface area contributed by atoms with Crippen LogP contribution in [0.2, 0.25) is 0 Å². The first-order valence-corrected chi connectivity index (χ1v) is 9.42. The Bertz CT molecular complexity index is 1150. The molecule has 0 aliphatic heterocycles. The Morgan fingerprint density at radius 3 is 2.96 bits per heavy atom. The van der Waals surface area contributed by atoms with E-state index in [1.807, 2.05) is 22.9 Å². The molecule has 3 aromatic heterocycles. The zero-order valence-electron chi connectivity index (χ0n) is 14.9. The van der Waals surface area contributed by atoms with Crippen molar-refractivity contribution >= 4 is 34.0 Å². The van der Waals surface area contributed by atoms with Crippen molar-refractivity contribution in [1.29, 1.82) is 0 Å². The van der Waals surface area contributed by atoms with Gasteiger partial charge in [0.2, 0.25) is 0 Å². The molecule has 0 unspecified atom stereocenters. The maximum absolute atomic E-state index is 14.0. The van der Waals surface area contributed by atoms with E-state index in [0.717, 1.165) is 33.7 Å². The van der Waals surface area contributed by atoms with E-state index in [4.69, 9.17) is 0 Å². The molecule has 1 amide bonds. The molecule has 0 saturated heterocycles. The molecule has 0 aliphatic carbocycles. The first-order valence-electron chi connectivity index (χ1n) is 8.54. The number of fused-ring (bicyclic) bond motifs is 1. The molecule has 4 rings (SSSR count). The summed E-state index contributed by atoms with van der Waals surface area (Å²) in [6.07, 6.45) is 3.76. The largest absolute Gasteiger partial charge is 0.332 e. The van der Waals surface area contributed by atoms with Crippen LogP contribution >= 0.6 is 11.3 Å². The van der Waals surface area contributed by atoms with Crippen LogP contribution in [0.1, 0.15) is 23.0 Å². The average molecular weight is 380 g/mol. The van der Waals surface area contributed by atoms with E-state index in [0.29, 0.717) is 0 Å². The third-order valence-corrected chi connectivity index (χ3v) is 5.19. The van der Waals surface area contributed by atoms with Crippen LogP contribution in [-0.2, 0) is 6.54 Å². The van der Waals surface area contributed by atoms with E-state index in [2.05, 4.69) is 22.2 Å². The lowest BCUT2D eigenvalue weighted by Crippen LogP contribution is -2.13. The summed E-state index contributed by atoms with van der Waals surface area (Å²) in [5.41, 5.74) is 3.02. The van der Waals surface area contributed by atoms with Gasteiger partial charge >= 0.3 is 0 Å². The Morgan fingerprint density at radius 2 is 2.19 bits per heavy atom. The molecule has 5 nitrogen and oxygen atoms in total. The number of nitrogens with zero attached hydrogens (tertiary/aromatic N) is 3. The van der Waals surface area contributed by atoms with E-state index >= 15 is 0 Å². The van der Waals surface area contributed by atoms with Gasteiger partial charge in [-0.3, -0.25) is 4.79 Å². The number of aryl methyl sites for hydroxylation is 2. The predicted molar refractivity (Wildman–Crippen MR) is 106 cm³/mol. The quantitative estimate of drug-likeness (QED) is 0.549. The SMILES string of the molecule is CCn1cc(-c2nc(C(=O)Nc3ccc(C)cc3F)cs2)c2cccnc21. The standard InChI is InChI=1S/C20H17FN4OS/c1-3-25-10-14(13-5-4-8-22-18(13)25)20-24-17(11-27-20)19(26)23-16-7-6-12(2)9-15(16)21/h4-11H,3H2,1-2H3,(H,23,26). The minimum Gasteiger partial charge on any atom is -0.332 e. The van der Waals surface area contributed by atoms with Gasteiger partial charge in [0.15, 0.2) is 0 Å². The summed E-state index contributed by atoms with van der Waals surface area (Å²) in [6.45, 7) is 4.64. The maximum Gasteiger partial charge on any atom is 0.275 e. The molecule has 0 spiro atoms. The van der Waals surface area contributed by atoms with Gasteiger partial charge in [0.1, 0.15) is 22.2 Å². The molecule has 3 heterocycles. The minimum atomic E-state index is -0.462. The lowest BCUT2D eigenvalue weighted by atomic mass is 10.2. The van der Waals surface area contributed by atoms with Gasteiger partial charge in [0, 0.05) is 35.3 Å². The Hall–Kier alpha value is -3.06. The highest BCUT2D eigenvalue weighted by Crippen LogP contribution is 2.32. The zero-order chi connectivity index (χ0) is 19.0. The van der Waals surface area contributed by atoms with Gasteiger partial charge in [-0.1, -0.05) is 6.07 Å². The first kappa shape index (κ1) is 17.4. The molecule has 0 saturated carbocycles. The van der Waals surface area contributed by atoms with Crippen LogP contribution in [0.5, 0.6) is 0 Å². The molecular formula is C20H17FN4OS. The van der Waals surface area contributed by atoms with E-state index < -0.39 is 11.7 Å². The van der Waals surface area contributed by atoms with Gasteiger partial charge in [-0.05, 0) is 43.7 Å². The van der Waals surface area contributed by atoms with Crippen molar-refractivity contribution in [3.63, 3.8) is 0 Å². The smallest absolute Gasteiger partial charge is 0.275 e. The number of amides is 1. The molecule has 1 aromatic carbocycles. The molecule has 0 aliphatic rings. The monoisotopic (exact) mass is 380 g/mol. The fourth-order valence-electron chi connectivity index (χ4n) is 2.94. The number of benzene rings is 1. The molecule has 4 aromatic rings. The van der Waals surface area contributed by atoms with E-state index in [-0.39, 0.29) is 11.4 Å². The van der Waals surface area contributed by atoms with Crippen LogP contribution in [0.4, 0.5) is 10.1 Å². The number of thiazole rings is 1.